The monoisotopic (exact) mass is 279 g/mol. The van der Waals surface area contributed by atoms with Gasteiger partial charge in [-0.1, -0.05) is 37.6 Å². The second kappa shape index (κ2) is 5.43. The van der Waals surface area contributed by atoms with E-state index in [0.29, 0.717) is 5.92 Å². The number of benzene rings is 1. The van der Waals surface area contributed by atoms with Gasteiger partial charge in [-0.05, 0) is 36.6 Å². The third-order valence-corrected chi connectivity index (χ3v) is 4.60. The molecule has 0 amide bonds. The zero-order chi connectivity index (χ0) is 13.3. The Morgan fingerprint density at radius 2 is 1.89 bits per heavy atom. The summed E-state index contributed by atoms with van der Waals surface area (Å²) < 4.78 is 0. The van der Waals surface area contributed by atoms with Gasteiger partial charge >= 0.3 is 0 Å². The second-order valence-electron chi connectivity index (χ2n) is 4.96. The highest BCUT2D eigenvalue weighted by molar-refractivity contribution is 7.15. The highest BCUT2D eigenvalue weighted by Gasteiger charge is 2.14. The number of halogens is 1. The van der Waals surface area contributed by atoms with E-state index in [1.165, 1.54) is 15.3 Å². The maximum absolute atomic E-state index is 6.29. The highest BCUT2D eigenvalue weighted by atomic mass is 35.5. The zero-order valence-electron chi connectivity index (χ0n) is 10.9. The summed E-state index contributed by atoms with van der Waals surface area (Å²) in [5.74, 6) is 0.449. The van der Waals surface area contributed by atoms with E-state index in [-0.39, 0.29) is 6.04 Å². The molecule has 0 bridgehead atoms. The largest absolute Gasteiger partial charge is 0.323 e. The third-order valence-electron chi connectivity index (χ3n) is 3.06. The molecule has 1 atom stereocenters. The van der Waals surface area contributed by atoms with Gasteiger partial charge in [-0.2, -0.15) is 0 Å². The van der Waals surface area contributed by atoms with Gasteiger partial charge in [0.2, 0.25) is 0 Å². The average molecular weight is 280 g/mol. The molecule has 0 saturated heterocycles. The SMILES string of the molecule is Cc1ccc(-c2ccc(C(N)C(C)C)s2)c(Cl)c1. The van der Waals surface area contributed by atoms with Crippen LogP contribution >= 0.6 is 22.9 Å². The molecule has 0 aliphatic carbocycles. The van der Waals surface area contributed by atoms with Crippen LogP contribution in [0.4, 0.5) is 0 Å². The van der Waals surface area contributed by atoms with Crippen molar-refractivity contribution in [2.45, 2.75) is 26.8 Å². The minimum atomic E-state index is 0.105. The normalized spacial score (nSPS) is 13.0. The van der Waals surface area contributed by atoms with Gasteiger partial charge in [0.15, 0.2) is 0 Å². The molecule has 1 nitrogen and oxygen atoms in total. The first kappa shape index (κ1) is 13.6. The molecule has 0 fully saturated rings. The van der Waals surface area contributed by atoms with Crippen molar-refractivity contribution in [3.63, 3.8) is 0 Å². The molecule has 3 heteroatoms. The Kier molecular flexibility index (Phi) is 4.10. The van der Waals surface area contributed by atoms with Crippen LogP contribution in [0.25, 0.3) is 10.4 Å². The Bertz CT molecular complexity index is 545. The van der Waals surface area contributed by atoms with Crippen molar-refractivity contribution in [2.75, 3.05) is 0 Å². The quantitative estimate of drug-likeness (QED) is 0.837. The van der Waals surface area contributed by atoms with Crippen LogP contribution < -0.4 is 5.73 Å². The number of nitrogens with two attached hydrogens (primary N) is 1. The molecule has 1 aromatic heterocycles. The van der Waals surface area contributed by atoms with Crippen LogP contribution in [0, 0.1) is 12.8 Å². The molecule has 1 aromatic carbocycles. The Hall–Kier alpha value is -0.830. The number of hydrogen-bond acceptors (Lipinski definition) is 2. The Morgan fingerprint density at radius 1 is 1.17 bits per heavy atom. The molecule has 1 unspecified atom stereocenters. The van der Waals surface area contributed by atoms with Gasteiger partial charge in [0.25, 0.3) is 0 Å². The first-order valence-corrected chi connectivity index (χ1v) is 7.30. The van der Waals surface area contributed by atoms with E-state index in [1.807, 2.05) is 13.0 Å². The first-order valence-electron chi connectivity index (χ1n) is 6.11. The molecule has 0 aliphatic rings. The van der Waals surface area contributed by atoms with Gasteiger partial charge in [0, 0.05) is 26.4 Å². The molecule has 0 radical (unpaired) electrons. The van der Waals surface area contributed by atoms with Crippen LogP contribution in [-0.2, 0) is 0 Å². The molecular formula is C15H18ClNS. The van der Waals surface area contributed by atoms with E-state index in [4.69, 9.17) is 17.3 Å². The topological polar surface area (TPSA) is 26.0 Å². The Labute approximate surface area is 118 Å². The maximum atomic E-state index is 6.29. The molecule has 2 aromatic rings. The lowest BCUT2D eigenvalue weighted by atomic mass is 10.0. The van der Waals surface area contributed by atoms with Crippen LogP contribution in [0.3, 0.4) is 0 Å². The first-order chi connectivity index (χ1) is 8.49. The lowest BCUT2D eigenvalue weighted by molar-refractivity contribution is 0.521. The number of hydrogen-bond donors (Lipinski definition) is 1. The molecule has 0 saturated carbocycles. The molecule has 96 valence electrons. The predicted octanol–water partition coefficient (Wildman–Crippen LogP) is 5.03. The highest BCUT2D eigenvalue weighted by Crippen LogP contribution is 2.36. The van der Waals surface area contributed by atoms with Crippen molar-refractivity contribution in [3.8, 4) is 10.4 Å². The molecule has 0 aliphatic heterocycles. The van der Waals surface area contributed by atoms with Crippen LogP contribution in [0.1, 0.15) is 30.3 Å². The summed E-state index contributed by atoms with van der Waals surface area (Å²) in [4.78, 5) is 2.41. The predicted molar refractivity (Wildman–Crippen MR) is 81.3 cm³/mol. The minimum absolute atomic E-state index is 0.105. The summed E-state index contributed by atoms with van der Waals surface area (Å²) >= 11 is 8.02. The number of thiophene rings is 1. The van der Waals surface area contributed by atoms with E-state index in [1.54, 1.807) is 11.3 Å². The summed E-state index contributed by atoms with van der Waals surface area (Å²) in [7, 11) is 0. The van der Waals surface area contributed by atoms with Crippen LogP contribution in [0.15, 0.2) is 30.3 Å². The molecule has 2 N–H and O–H groups in total. The summed E-state index contributed by atoms with van der Waals surface area (Å²) in [6.45, 7) is 6.33. The number of aryl methyl sites for hydroxylation is 1. The second-order valence-corrected chi connectivity index (χ2v) is 6.48. The molecule has 18 heavy (non-hydrogen) atoms. The van der Waals surface area contributed by atoms with Gasteiger partial charge in [0.1, 0.15) is 0 Å². The van der Waals surface area contributed by atoms with Gasteiger partial charge < -0.3 is 5.73 Å². The van der Waals surface area contributed by atoms with E-state index < -0.39 is 0 Å². The third kappa shape index (κ3) is 2.77. The van der Waals surface area contributed by atoms with Gasteiger partial charge in [0.05, 0.1) is 0 Å². The smallest absolute Gasteiger partial charge is 0.0495 e. The zero-order valence-corrected chi connectivity index (χ0v) is 12.5. The van der Waals surface area contributed by atoms with Crippen molar-refractivity contribution in [3.05, 3.63) is 45.8 Å². The summed E-state index contributed by atoms with van der Waals surface area (Å²) in [6.07, 6.45) is 0. The summed E-state index contributed by atoms with van der Waals surface area (Å²) in [6, 6.07) is 10.5. The van der Waals surface area contributed by atoms with Crippen molar-refractivity contribution >= 4 is 22.9 Å². The van der Waals surface area contributed by atoms with Crippen LogP contribution in [-0.4, -0.2) is 0 Å². The van der Waals surface area contributed by atoms with E-state index in [0.717, 1.165) is 10.6 Å². The number of rotatable bonds is 3. The van der Waals surface area contributed by atoms with Crippen molar-refractivity contribution in [2.24, 2.45) is 11.7 Å². The van der Waals surface area contributed by atoms with Crippen molar-refractivity contribution < 1.29 is 0 Å². The molecular weight excluding hydrogens is 262 g/mol. The van der Waals surface area contributed by atoms with Crippen molar-refractivity contribution in [1.82, 2.24) is 0 Å². The molecule has 2 rings (SSSR count). The van der Waals surface area contributed by atoms with Crippen molar-refractivity contribution in [1.29, 1.82) is 0 Å². The van der Waals surface area contributed by atoms with Crippen LogP contribution in [0.2, 0.25) is 5.02 Å². The van der Waals surface area contributed by atoms with E-state index in [2.05, 4.69) is 38.1 Å². The molecule has 0 spiro atoms. The Morgan fingerprint density at radius 3 is 2.50 bits per heavy atom. The lowest BCUT2D eigenvalue weighted by Gasteiger charge is -2.13. The average Bonchev–Trinajstić information content (AvgIpc) is 2.77. The lowest BCUT2D eigenvalue weighted by Crippen LogP contribution is -2.14. The Balaban J connectivity index is 2.35. The summed E-state index contributed by atoms with van der Waals surface area (Å²) in [5, 5.41) is 0.807. The van der Waals surface area contributed by atoms with Gasteiger partial charge in [-0.15, -0.1) is 11.3 Å². The fraction of sp³-hybridized carbons (Fsp3) is 0.333. The molecule has 1 heterocycles. The summed E-state index contributed by atoms with van der Waals surface area (Å²) in [5.41, 5.74) is 8.44. The maximum Gasteiger partial charge on any atom is 0.0495 e. The fourth-order valence-corrected chi connectivity index (χ4v) is 3.44. The van der Waals surface area contributed by atoms with Crippen LogP contribution in [0.5, 0.6) is 0 Å². The minimum Gasteiger partial charge on any atom is -0.323 e. The van der Waals surface area contributed by atoms with Gasteiger partial charge in [-0.3, -0.25) is 0 Å². The van der Waals surface area contributed by atoms with E-state index >= 15 is 0 Å². The standard InChI is InChI=1S/C15H18ClNS/c1-9(2)15(17)14-7-6-13(18-14)11-5-4-10(3)8-12(11)16/h4-9,15H,17H2,1-3H3. The van der Waals surface area contributed by atoms with Gasteiger partial charge in [-0.25, -0.2) is 0 Å². The van der Waals surface area contributed by atoms with E-state index in [9.17, 15) is 0 Å². The fourth-order valence-electron chi connectivity index (χ4n) is 1.83.